The van der Waals surface area contributed by atoms with Crippen LogP contribution in [0.3, 0.4) is 0 Å². The van der Waals surface area contributed by atoms with Crippen molar-refractivity contribution < 1.29 is 23.5 Å². The third-order valence-electron chi connectivity index (χ3n) is 6.85. The highest BCUT2D eigenvalue weighted by atomic mass is 16.5. The Labute approximate surface area is 228 Å². The van der Waals surface area contributed by atoms with Crippen LogP contribution in [0.1, 0.15) is 52.9 Å². The first-order valence-electron chi connectivity index (χ1n) is 13.1. The van der Waals surface area contributed by atoms with Gasteiger partial charge in [-0.25, -0.2) is 0 Å². The molecular formula is C32H32N2O5. The van der Waals surface area contributed by atoms with E-state index in [-0.39, 0.29) is 36.1 Å². The fourth-order valence-corrected chi connectivity index (χ4v) is 4.85. The Morgan fingerprint density at radius 1 is 0.974 bits per heavy atom. The molecule has 0 bridgehead atoms. The standard InChI is InChI=1S/C32H32N2O5/c1-21(2)32(36)34-18-17-22-9-12-26(19-28(22)30(34)23-7-5-4-6-8-23)38-20-27-15-16-29(39-27)31(35)33-24-10-13-25(37-3)14-11-24/h4-16,19,21,30H,17-18,20H2,1-3H3,(H,33,35). The van der Waals surface area contributed by atoms with Gasteiger partial charge < -0.3 is 24.1 Å². The van der Waals surface area contributed by atoms with Gasteiger partial charge in [0.25, 0.3) is 5.91 Å². The smallest absolute Gasteiger partial charge is 0.291 e. The Kier molecular flexibility index (Phi) is 7.68. The van der Waals surface area contributed by atoms with Gasteiger partial charge in [-0.05, 0) is 71.6 Å². The number of nitrogens with one attached hydrogen (secondary N) is 1. The molecule has 7 heteroatoms. The summed E-state index contributed by atoms with van der Waals surface area (Å²) in [6.07, 6.45) is 0.794. The minimum Gasteiger partial charge on any atom is -0.497 e. The molecule has 5 rings (SSSR count). The predicted molar refractivity (Wildman–Crippen MR) is 149 cm³/mol. The van der Waals surface area contributed by atoms with Gasteiger partial charge in [-0.3, -0.25) is 9.59 Å². The van der Waals surface area contributed by atoms with Gasteiger partial charge in [-0.2, -0.15) is 0 Å². The number of carbonyl (C=O) groups excluding carboxylic acids is 2. The van der Waals surface area contributed by atoms with Crippen molar-refractivity contribution in [1.29, 1.82) is 0 Å². The third-order valence-corrected chi connectivity index (χ3v) is 6.85. The summed E-state index contributed by atoms with van der Waals surface area (Å²) < 4.78 is 17.0. The zero-order valence-electron chi connectivity index (χ0n) is 22.3. The number of fused-ring (bicyclic) bond motifs is 1. The number of rotatable bonds is 8. The van der Waals surface area contributed by atoms with Gasteiger partial charge in [0.15, 0.2) is 5.76 Å². The van der Waals surface area contributed by atoms with Crippen LogP contribution in [0.2, 0.25) is 0 Å². The highest BCUT2D eigenvalue weighted by Gasteiger charge is 2.33. The topological polar surface area (TPSA) is 81.0 Å². The zero-order valence-corrected chi connectivity index (χ0v) is 22.3. The maximum absolute atomic E-state index is 13.1. The Hall–Kier alpha value is -4.52. The van der Waals surface area contributed by atoms with E-state index >= 15 is 0 Å². The van der Waals surface area contributed by atoms with Crippen molar-refractivity contribution in [3.05, 3.63) is 113 Å². The molecule has 1 aliphatic heterocycles. The van der Waals surface area contributed by atoms with Crippen LogP contribution in [0.25, 0.3) is 0 Å². The summed E-state index contributed by atoms with van der Waals surface area (Å²) in [5, 5.41) is 2.81. The van der Waals surface area contributed by atoms with Gasteiger partial charge in [0.2, 0.25) is 5.91 Å². The first-order valence-corrected chi connectivity index (χ1v) is 13.1. The third kappa shape index (κ3) is 5.82. The average molecular weight is 525 g/mol. The number of furan rings is 1. The lowest BCUT2D eigenvalue weighted by atomic mass is 9.87. The minimum atomic E-state index is -0.346. The average Bonchev–Trinajstić information content (AvgIpc) is 3.45. The van der Waals surface area contributed by atoms with Crippen LogP contribution in [-0.2, 0) is 17.8 Å². The molecule has 1 atom stereocenters. The molecule has 0 saturated carbocycles. The molecule has 7 nitrogen and oxygen atoms in total. The molecule has 2 heterocycles. The Balaban J connectivity index is 1.30. The first kappa shape index (κ1) is 26.1. The lowest BCUT2D eigenvalue weighted by molar-refractivity contribution is -0.136. The summed E-state index contributed by atoms with van der Waals surface area (Å²) in [7, 11) is 1.59. The lowest BCUT2D eigenvalue weighted by Crippen LogP contribution is -2.42. The van der Waals surface area contributed by atoms with Gasteiger partial charge in [0.05, 0.1) is 13.2 Å². The van der Waals surface area contributed by atoms with E-state index in [1.54, 1.807) is 43.5 Å². The highest BCUT2D eigenvalue weighted by Crippen LogP contribution is 2.38. The van der Waals surface area contributed by atoms with Crippen molar-refractivity contribution in [2.45, 2.75) is 32.9 Å². The van der Waals surface area contributed by atoms with Crippen LogP contribution in [0.4, 0.5) is 5.69 Å². The van der Waals surface area contributed by atoms with E-state index in [1.807, 2.05) is 49.1 Å². The van der Waals surface area contributed by atoms with Gasteiger partial charge >= 0.3 is 0 Å². The predicted octanol–water partition coefficient (Wildman–Crippen LogP) is 6.25. The second-order valence-corrected chi connectivity index (χ2v) is 9.85. The molecule has 0 spiro atoms. The van der Waals surface area contributed by atoms with Crippen LogP contribution in [0.5, 0.6) is 11.5 Å². The van der Waals surface area contributed by atoms with E-state index in [9.17, 15) is 9.59 Å². The molecule has 2 amide bonds. The number of anilines is 1. The molecule has 39 heavy (non-hydrogen) atoms. The van der Waals surface area contributed by atoms with Gasteiger partial charge in [-0.1, -0.05) is 50.2 Å². The van der Waals surface area contributed by atoms with Gasteiger partial charge in [0.1, 0.15) is 23.9 Å². The normalized spacial score (nSPS) is 14.6. The molecule has 0 saturated heterocycles. The molecule has 3 aromatic carbocycles. The first-order chi connectivity index (χ1) is 18.9. The molecule has 0 aliphatic carbocycles. The molecule has 1 N–H and O–H groups in total. The number of hydrogen-bond donors (Lipinski definition) is 1. The molecule has 1 unspecified atom stereocenters. The fraction of sp³-hybridized carbons (Fsp3) is 0.250. The van der Waals surface area contributed by atoms with E-state index in [0.717, 1.165) is 17.5 Å². The van der Waals surface area contributed by atoms with E-state index in [4.69, 9.17) is 13.9 Å². The van der Waals surface area contributed by atoms with Crippen LogP contribution in [0, 0.1) is 5.92 Å². The van der Waals surface area contributed by atoms with Crippen molar-refractivity contribution in [2.24, 2.45) is 5.92 Å². The summed E-state index contributed by atoms with van der Waals surface area (Å²) in [5.74, 6) is 1.81. The Morgan fingerprint density at radius 2 is 1.72 bits per heavy atom. The van der Waals surface area contributed by atoms with Crippen LogP contribution < -0.4 is 14.8 Å². The summed E-state index contributed by atoms with van der Waals surface area (Å²) >= 11 is 0. The monoisotopic (exact) mass is 524 g/mol. The van der Waals surface area contributed by atoms with Crippen molar-refractivity contribution in [1.82, 2.24) is 4.90 Å². The number of ether oxygens (including phenoxy) is 2. The molecule has 1 aromatic heterocycles. The molecule has 0 fully saturated rings. The Bertz CT molecular complexity index is 1440. The van der Waals surface area contributed by atoms with E-state index in [2.05, 4.69) is 23.5 Å². The maximum atomic E-state index is 13.1. The summed E-state index contributed by atoms with van der Waals surface area (Å²) in [6.45, 7) is 4.72. The quantitative estimate of drug-likeness (QED) is 0.295. The summed E-state index contributed by atoms with van der Waals surface area (Å²) in [5.41, 5.74) is 3.99. The second-order valence-electron chi connectivity index (χ2n) is 9.85. The summed E-state index contributed by atoms with van der Waals surface area (Å²) in [4.78, 5) is 27.7. The van der Waals surface area contributed by atoms with Gasteiger partial charge in [-0.15, -0.1) is 0 Å². The largest absolute Gasteiger partial charge is 0.497 e. The van der Waals surface area contributed by atoms with Crippen LogP contribution in [0.15, 0.2) is 89.3 Å². The fourth-order valence-electron chi connectivity index (χ4n) is 4.85. The molecule has 0 radical (unpaired) electrons. The number of carbonyl (C=O) groups is 2. The van der Waals surface area contributed by atoms with Crippen molar-refractivity contribution in [3.8, 4) is 11.5 Å². The minimum absolute atomic E-state index is 0.0905. The number of nitrogens with zero attached hydrogens (tertiary/aromatic N) is 1. The van der Waals surface area contributed by atoms with E-state index < -0.39 is 0 Å². The Morgan fingerprint density at radius 3 is 2.44 bits per heavy atom. The van der Waals surface area contributed by atoms with E-state index in [0.29, 0.717) is 29.5 Å². The van der Waals surface area contributed by atoms with Gasteiger partial charge in [0, 0.05) is 18.2 Å². The molecule has 200 valence electrons. The number of benzene rings is 3. The zero-order chi connectivity index (χ0) is 27.4. The second kappa shape index (κ2) is 11.5. The highest BCUT2D eigenvalue weighted by molar-refractivity contribution is 6.02. The van der Waals surface area contributed by atoms with Crippen molar-refractivity contribution in [3.63, 3.8) is 0 Å². The van der Waals surface area contributed by atoms with E-state index in [1.165, 1.54) is 5.56 Å². The number of methoxy groups -OCH3 is 1. The SMILES string of the molecule is COc1ccc(NC(=O)c2ccc(COc3ccc4c(c3)C(c3ccccc3)N(C(=O)C(C)C)CC4)o2)cc1. The van der Waals surface area contributed by atoms with Crippen LogP contribution in [-0.4, -0.2) is 30.4 Å². The number of hydrogen-bond acceptors (Lipinski definition) is 5. The molecule has 4 aromatic rings. The number of amides is 2. The van der Waals surface area contributed by atoms with Crippen LogP contribution >= 0.6 is 0 Å². The van der Waals surface area contributed by atoms with Crippen molar-refractivity contribution >= 4 is 17.5 Å². The maximum Gasteiger partial charge on any atom is 0.291 e. The summed E-state index contributed by atoms with van der Waals surface area (Å²) in [6, 6.07) is 26.4. The lowest BCUT2D eigenvalue weighted by Gasteiger charge is -2.39. The molecular weight excluding hydrogens is 492 g/mol. The van der Waals surface area contributed by atoms with Crippen molar-refractivity contribution in [2.75, 3.05) is 19.0 Å². The molecule has 1 aliphatic rings.